The SMILES string of the molecule is Nc1cc(N2CCn3c(nnc3C(F)(F)F)C2)nc(N)n1. The topological polar surface area (TPSA) is 112 Å². The van der Waals surface area contributed by atoms with Crippen molar-refractivity contribution in [1.29, 1.82) is 0 Å². The molecule has 1 aliphatic heterocycles. The van der Waals surface area contributed by atoms with Gasteiger partial charge in [0.15, 0.2) is 5.82 Å². The number of rotatable bonds is 1. The van der Waals surface area contributed by atoms with Crippen molar-refractivity contribution in [1.82, 2.24) is 24.7 Å². The molecular formula is C10H11F3N8. The molecule has 3 heterocycles. The van der Waals surface area contributed by atoms with Crippen LogP contribution in [-0.2, 0) is 19.3 Å². The molecule has 3 rings (SSSR count). The number of halogens is 3. The summed E-state index contributed by atoms with van der Waals surface area (Å²) in [5.41, 5.74) is 11.1. The van der Waals surface area contributed by atoms with E-state index in [9.17, 15) is 13.2 Å². The van der Waals surface area contributed by atoms with E-state index in [-0.39, 0.29) is 30.7 Å². The average molecular weight is 300 g/mol. The highest BCUT2D eigenvalue weighted by atomic mass is 19.4. The van der Waals surface area contributed by atoms with Crippen LogP contribution in [0, 0.1) is 0 Å². The molecule has 0 aliphatic carbocycles. The smallest absolute Gasteiger partial charge is 0.383 e. The minimum atomic E-state index is -4.52. The van der Waals surface area contributed by atoms with Gasteiger partial charge in [0.2, 0.25) is 11.8 Å². The Kier molecular flexibility index (Phi) is 2.85. The van der Waals surface area contributed by atoms with Gasteiger partial charge >= 0.3 is 6.18 Å². The second-order valence-electron chi connectivity index (χ2n) is 4.52. The van der Waals surface area contributed by atoms with E-state index < -0.39 is 12.0 Å². The van der Waals surface area contributed by atoms with Crippen molar-refractivity contribution in [3.63, 3.8) is 0 Å². The van der Waals surface area contributed by atoms with Gasteiger partial charge in [-0.25, -0.2) is 0 Å². The predicted molar refractivity (Wildman–Crippen MR) is 66.9 cm³/mol. The van der Waals surface area contributed by atoms with E-state index in [0.717, 1.165) is 4.57 Å². The molecule has 0 radical (unpaired) electrons. The monoisotopic (exact) mass is 300 g/mol. The Bertz CT molecular complexity index is 659. The molecule has 8 nitrogen and oxygen atoms in total. The number of fused-ring (bicyclic) bond motifs is 1. The lowest BCUT2D eigenvalue weighted by atomic mass is 10.3. The molecule has 0 bridgehead atoms. The summed E-state index contributed by atoms with van der Waals surface area (Å²) >= 11 is 0. The van der Waals surface area contributed by atoms with E-state index in [1.54, 1.807) is 4.90 Å². The Labute approximate surface area is 116 Å². The Morgan fingerprint density at radius 1 is 1.10 bits per heavy atom. The Hall–Kier alpha value is -2.59. The summed E-state index contributed by atoms with van der Waals surface area (Å²) in [6, 6.07) is 1.51. The van der Waals surface area contributed by atoms with E-state index >= 15 is 0 Å². The Balaban J connectivity index is 1.90. The van der Waals surface area contributed by atoms with Gasteiger partial charge in [0, 0.05) is 19.2 Å². The largest absolute Gasteiger partial charge is 0.451 e. The first-order valence-corrected chi connectivity index (χ1v) is 5.99. The van der Waals surface area contributed by atoms with Gasteiger partial charge in [-0.2, -0.15) is 23.1 Å². The van der Waals surface area contributed by atoms with Crippen LogP contribution in [0.25, 0.3) is 0 Å². The lowest BCUT2D eigenvalue weighted by Gasteiger charge is -2.28. The molecule has 2 aromatic heterocycles. The maximum absolute atomic E-state index is 12.7. The van der Waals surface area contributed by atoms with Gasteiger partial charge in [-0.05, 0) is 0 Å². The van der Waals surface area contributed by atoms with Crippen LogP contribution in [0.15, 0.2) is 6.07 Å². The number of alkyl halides is 3. The minimum absolute atomic E-state index is 0.00743. The second kappa shape index (κ2) is 4.46. The second-order valence-corrected chi connectivity index (χ2v) is 4.52. The van der Waals surface area contributed by atoms with Crippen LogP contribution in [0.5, 0.6) is 0 Å². The molecule has 21 heavy (non-hydrogen) atoms. The quantitative estimate of drug-likeness (QED) is 0.777. The van der Waals surface area contributed by atoms with Crippen molar-refractivity contribution in [3.8, 4) is 0 Å². The molecule has 0 unspecified atom stereocenters. The van der Waals surface area contributed by atoms with Crippen LogP contribution in [-0.4, -0.2) is 31.3 Å². The van der Waals surface area contributed by atoms with Crippen molar-refractivity contribution < 1.29 is 13.2 Å². The first-order valence-electron chi connectivity index (χ1n) is 5.99. The normalized spacial score (nSPS) is 15.1. The summed E-state index contributed by atoms with van der Waals surface area (Å²) in [6.07, 6.45) is -4.52. The number of nitrogens with zero attached hydrogens (tertiary/aromatic N) is 6. The average Bonchev–Trinajstić information content (AvgIpc) is 2.80. The molecule has 0 atom stereocenters. The summed E-state index contributed by atoms with van der Waals surface area (Å²) in [6.45, 7) is 0.546. The van der Waals surface area contributed by atoms with Gasteiger partial charge in [0.25, 0.3) is 0 Å². The molecule has 0 amide bonds. The zero-order valence-corrected chi connectivity index (χ0v) is 10.7. The van der Waals surface area contributed by atoms with E-state index in [0.29, 0.717) is 12.4 Å². The van der Waals surface area contributed by atoms with Crippen LogP contribution >= 0.6 is 0 Å². The summed E-state index contributed by atoms with van der Waals surface area (Å²) in [5.74, 6) is -0.125. The molecule has 0 fully saturated rings. The number of hydrogen-bond donors (Lipinski definition) is 2. The van der Waals surface area contributed by atoms with Gasteiger partial charge in [-0.3, -0.25) is 0 Å². The molecule has 11 heteroatoms. The molecule has 0 saturated carbocycles. The summed E-state index contributed by atoms with van der Waals surface area (Å²) < 4.78 is 39.3. The number of nitrogen functional groups attached to an aromatic ring is 2. The highest BCUT2D eigenvalue weighted by Crippen LogP contribution is 2.30. The fourth-order valence-electron chi connectivity index (χ4n) is 2.20. The number of aromatic nitrogens is 5. The Morgan fingerprint density at radius 2 is 1.86 bits per heavy atom. The number of hydrogen-bond acceptors (Lipinski definition) is 7. The molecule has 4 N–H and O–H groups in total. The predicted octanol–water partition coefficient (Wildman–Crippen LogP) is 0.271. The molecule has 0 spiro atoms. The molecule has 0 saturated heterocycles. The summed E-state index contributed by atoms with van der Waals surface area (Å²) in [4.78, 5) is 9.49. The van der Waals surface area contributed by atoms with Crippen LogP contribution in [0.2, 0.25) is 0 Å². The highest BCUT2D eigenvalue weighted by Gasteiger charge is 2.39. The van der Waals surface area contributed by atoms with Gasteiger partial charge in [0.1, 0.15) is 11.6 Å². The van der Waals surface area contributed by atoms with Crippen LogP contribution in [0.4, 0.5) is 30.8 Å². The summed E-state index contributed by atoms with van der Waals surface area (Å²) in [5, 5.41) is 6.80. The Morgan fingerprint density at radius 3 is 2.52 bits per heavy atom. The fraction of sp³-hybridized carbons (Fsp3) is 0.400. The zero-order valence-electron chi connectivity index (χ0n) is 10.7. The van der Waals surface area contributed by atoms with Gasteiger partial charge in [0.05, 0.1) is 6.54 Å². The third-order valence-corrected chi connectivity index (χ3v) is 3.08. The molecule has 2 aromatic rings. The maximum Gasteiger partial charge on any atom is 0.451 e. The van der Waals surface area contributed by atoms with E-state index in [1.807, 2.05) is 0 Å². The lowest BCUT2D eigenvalue weighted by molar-refractivity contribution is -0.147. The molecule has 112 valence electrons. The highest BCUT2D eigenvalue weighted by molar-refractivity contribution is 5.50. The van der Waals surface area contributed by atoms with Crippen molar-refractivity contribution in [3.05, 3.63) is 17.7 Å². The molecule has 0 aromatic carbocycles. The van der Waals surface area contributed by atoms with Gasteiger partial charge < -0.3 is 20.9 Å². The third-order valence-electron chi connectivity index (χ3n) is 3.08. The van der Waals surface area contributed by atoms with E-state index in [2.05, 4.69) is 20.2 Å². The van der Waals surface area contributed by atoms with Crippen LogP contribution in [0.3, 0.4) is 0 Å². The third kappa shape index (κ3) is 2.41. The minimum Gasteiger partial charge on any atom is -0.383 e. The van der Waals surface area contributed by atoms with Crippen LogP contribution < -0.4 is 16.4 Å². The standard InChI is InChI=1S/C10H11F3N8/c11-10(12,13)8-19-18-7-4-20(1-2-21(7)8)6-3-5(14)16-9(15)17-6/h3H,1-2,4H2,(H4,14,15,16,17). The maximum atomic E-state index is 12.7. The fourth-order valence-corrected chi connectivity index (χ4v) is 2.20. The lowest BCUT2D eigenvalue weighted by Crippen LogP contribution is -2.36. The van der Waals surface area contributed by atoms with Gasteiger partial charge in [-0.1, -0.05) is 0 Å². The summed E-state index contributed by atoms with van der Waals surface area (Å²) in [7, 11) is 0. The first kappa shape index (κ1) is 13.4. The van der Waals surface area contributed by atoms with Crippen molar-refractivity contribution in [2.45, 2.75) is 19.3 Å². The number of anilines is 3. The number of nitrogens with two attached hydrogens (primary N) is 2. The molecule has 1 aliphatic rings. The van der Waals surface area contributed by atoms with Crippen molar-refractivity contribution in [2.24, 2.45) is 0 Å². The molecular weight excluding hydrogens is 289 g/mol. The van der Waals surface area contributed by atoms with E-state index in [1.165, 1.54) is 6.07 Å². The first-order chi connectivity index (χ1) is 9.84. The van der Waals surface area contributed by atoms with Crippen molar-refractivity contribution in [2.75, 3.05) is 22.9 Å². The van der Waals surface area contributed by atoms with E-state index in [4.69, 9.17) is 11.5 Å². The van der Waals surface area contributed by atoms with Crippen molar-refractivity contribution >= 4 is 17.6 Å². The van der Waals surface area contributed by atoms with Gasteiger partial charge in [-0.15, -0.1) is 10.2 Å². The van der Waals surface area contributed by atoms with Crippen LogP contribution in [0.1, 0.15) is 11.6 Å². The zero-order chi connectivity index (χ0) is 15.2.